The van der Waals surface area contributed by atoms with Crippen LogP contribution in [0, 0.1) is 11.8 Å². The van der Waals surface area contributed by atoms with E-state index < -0.39 is 35.9 Å². The van der Waals surface area contributed by atoms with Crippen molar-refractivity contribution in [3.8, 4) is 0 Å². The highest BCUT2D eigenvalue weighted by Crippen LogP contribution is 2.40. The second-order valence-corrected chi connectivity index (χ2v) is 5.12. The van der Waals surface area contributed by atoms with Crippen molar-refractivity contribution in [3.63, 3.8) is 0 Å². The van der Waals surface area contributed by atoms with E-state index in [0.717, 1.165) is 5.56 Å². The van der Waals surface area contributed by atoms with Crippen molar-refractivity contribution >= 4 is 11.9 Å². The van der Waals surface area contributed by atoms with Crippen LogP contribution in [-0.4, -0.2) is 24.1 Å². The zero-order valence-electron chi connectivity index (χ0n) is 11.5. The van der Waals surface area contributed by atoms with E-state index in [1.54, 1.807) is 12.2 Å². The van der Waals surface area contributed by atoms with Gasteiger partial charge in [0.25, 0.3) is 0 Å². The molecule has 0 N–H and O–H groups in total. The van der Waals surface area contributed by atoms with Crippen molar-refractivity contribution in [2.75, 3.05) is 0 Å². The molecule has 0 aromatic heterocycles. The summed E-state index contributed by atoms with van der Waals surface area (Å²) in [5.41, 5.74) is 9.26. The maximum absolute atomic E-state index is 12.3. The van der Waals surface area contributed by atoms with Crippen LogP contribution in [0.3, 0.4) is 0 Å². The first kappa shape index (κ1) is 14.3. The van der Waals surface area contributed by atoms with Gasteiger partial charge in [-0.15, -0.1) is 0 Å². The number of esters is 1. The summed E-state index contributed by atoms with van der Waals surface area (Å²) < 4.78 is 10.8. The van der Waals surface area contributed by atoms with Gasteiger partial charge in [-0.3, -0.25) is 9.59 Å². The van der Waals surface area contributed by atoms with Crippen molar-refractivity contribution in [1.29, 1.82) is 0 Å². The molecule has 3 rings (SSSR count). The fourth-order valence-electron chi connectivity index (χ4n) is 2.82. The van der Waals surface area contributed by atoms with Crippen LogP contribution >= 0.6 is 0 Å². The number of fused-ring (bicyclic) bond motifs is 2. The molecule has 1 saturated heterocycles. The van der Waals surface area contributed by atoms with Gasteiger partial charge in [-0.2, -0.15) is 0 Å². The third-order valence-electron chi connectivity index (χ3n) is 3.82. The Hall–Kier alpha value is -2.63. The Balaban J connectivity index is 1.71. The van der Waals surface area contributed by atoms with Crippen LogP contribution in [0.4, 0.5) is 0 Å². The van der Waals surface area contributed by atoms with Crippen molar-refractivity contribution < 1.29 is 19.1 Å². The molecule has 22 heavy (non-hydrogen) atoms. The highest BCUT2D eigenvalue weighted by Gasteiger charge is 2.53. The summed E-state index contributed by atoms with van der Waals surface area (Å²) in [6.45, 7) is 0.125. The fraction of sp³-hybridized carbons (Fsp3) is 0.333. The molecule has 0 aliphatic carbocycles. The molecule has 7 nitrogen and oxygen atoms in total. The Morgan fingerprint density at radius 1 is 1.18 bits per heavy atom. The van der Waals surface area contributed by atoms with Gasteiger partial charge in [0.15, 0.2) is 0 Å². The standard InChI is InChI=1S/C15H13N3O4/c16-18-17-14(19)12-10-6-7-11(22-10)13(12)15(20)21-8-9-4-2-1-3-5-9/h1-7,10-13H,8H2/t10-,11+,12-,13+/m0/s1. The molecule has 112 valence electrons. The second kappa shape index (κ2) is 6.01. The van der Waals surface area contributed by atoms with Crippen LogP contribution in [0.5, 0.6) is 0 Å². The van der Waals surface area contributed by atoms with Crippen LogP contribution in [0.15, 0.2) is 47.6 Å². The summed E-state index contributed by atoms with van der Waals surface area (Å²) in [5, 5.41) is 3.10. The van der Waals surface area contributed by atoms with Crippen LogP contribution in [0.2, 0.25) is 0 Å². The second-order valence-electron chi connectivity index (χ2n) is 5.12. The minimum absolute atomic E-state index is 0.125. The maximum Gasteiger partial charge on any atom is 0.313 e. The van der Waals surface area contributed by atoms with Gasteiger partial charge >= 0.3 is 5.97 Å². The summed E-state index contributed by atoms with van der Waals surface area (Å²) >= 11 is 0. The molecular formula is C15H13N3O4. The Labute approximate surface area is 126 Å². The first-order valence-corrected chi connectivity index (χ1v) is 6.84. The quantitative estimate of drug-likeness (QED) is 0.279. The zero-order chi connectivity index (χ0) is 15.5. The van der Waals surface area contributed by atoms with Gasteiger partial charge in [-0.1, -0.05) is 42.5 Å². The van der Waals surface area contributed by atoms with Gasteiger partial charge in [0, 0.05) is 4.91 Å². The smallest absolute Gasteiger partial charge is 0.313 e. The van der Waals surface area contributed by atoms with E-state index in [4.69, 9.17) is 15.0 Å². The van der Waals surface area contributed by atoms with Crippen LogP contribution in [0.25, 0.3) is 10.4 Å². The number of hydrogen-bond donors (Lipinski definition) is 0. The number of azide groups is 1. The number of carbonyl (C=O) groups excluding carboxylic acids is 2. The largest absolute Gasteiger partial charge is 0.460 e. The Morgan fingerprint density at radius 2 is 1.86 bits per heavy atom. The topological polar surface area (TPSA) is 101 Å². The molecule has 2 bridgehead atoms. The first-order valence-electron chi connectivity index (χ1n) is 6.84. The number of amides is 1. The van der Waals surface area contributed by atoms with Crippen molar-refractivity contribution in [1.82, 2.24) is 0 Å². The highest BCUT2D eigenvalue weighted by molar-refractivity contribution is 5.88. The Morgan fingerprint density at radius 3 is 2.55 bits per heavy atom. The van der Waals surface area contributed by atoms with Crippen LogP contribution in [-0.2, 0) is 25.7 Å². The summed E-state index contributed by atoms with van der Waals surface area (Å²) in [6.07, 6.45) is 2.41. The summed E-state index contributed by atoms with van der Waals surface area (Å²) in [7, 11) is 0. The molecule has 4 atom stereocenters. The normalized spacial score (nSPS) is 28.2. The predicted molar refractivity (Wildman–Crippen MR) is 75.2 cm³/mol. The number of hydrogen-bond acceptors (Lipinski definition) is 4. The number of benzene rings is 1. The number of carbonyl (C=O) groups is 2. The van der Waals surface area contributed by atoms with E-state index in [-0.39, 0.29) is 6.61 Å². The highest BCUT2D eigenvalue weighted by atomic mass is 16.5. The summed E-state index contributed by atoms with van der Waals surface area (Å²) in [6, 6.07) is 9.25. The summed E-state index contributed by atoms with van der Waals surface area (Å²) in [5.74, 6) is -2.79. The number of ether oxygens (including phenoxy) is 2. The fourth-order valence-corrected chi connectivity index (χ4v) is 2.82. The molecule has 2 heterocycles. The Bertz CT molecular complexity index is 667. The van der Waals surface area contributed by atoms with Gasteiger partial charge in [-0.05, 0) is 16.2 Å². The molecule has 0 radical (unpaired) electrons. The lowest BCUT2D eigenvalue weighted by atomic mass is 9.82. The van der Waals surface area contributed by atoms with E-state index in [9.17, 15) is 9.59 Å². The molecule has 2 aliphatic heterocycles. The average molecular weight is 299 g/mol. The van der Waals surface area contributed by atoms with E-state index in [1.165, 1.54) is 0 Å². The van der Waals surface area contributed by atoms with Crippen molar-refractivity contribution in [2.45, 2.75) is 18.8 Å². The predicted octanol–water partition coefficient (Wildman–Crippen LogP) is 2.14. The monoisotopic (exact) mass is 299 g/mol. The zero-order valence-corrected chi connectivity index (χ0v) is 11.5. The molecule has 1 amide bonds. The molecule has 2 aliphatic rings. The molecule has 0 unspecified atom stereocenters. The van der Waals surface area contributed by atoms with Crippen molar-refractivity contribution in [3.05, 3.63) is 58.5 Å². The minimum atomic E-state index is -0.811. The van der Waals surface area contributed by atoms with Gasteiger partial charge in [0.1, 0.15) is 6.61 Å². The maximum atomic E-state index is 12.3. The first-order chi connectivity index (χ1) is 10.7. The molecule has 7 heteroatoms. The van der Waals surface area contributed by atoms with Gasteiger partial charge < -0.3 is 9.47 Å². The lowest BCUT2D eigenvalue weighted by Gasteiger charge is -2.21. The van der Waals surface area contributed by atoms with Crippen LogP contribution < -0.4 is 0 Å². The molecular weight excluding hydrogens is 286 g/mol. The van der Waals surface area contributed by atoms with E-state index >= 15 is 0 Å². The molecule has 0 saturated carbocycles. The third kappa shape index (κ3) is 2.59. The third-order valence-corrected chi connectivity index (χ3v) is 3.82. The molecule has 1 aromatic rings. The molecule has 0 spiro atoms. The summed E-state index contributed by atoms with van der Waals surface area (Å²) in [4.78, 5) is 26.7. The lowest BCUT2D eigenvalue weighted by molar-refractivity contribution is -0.153. The number of nitrogens with zero attached hydrogens (tertiary/aromatic N) is 3. The molecule has 1 aromatic carbocycles. The van der Waals surface area contributed by atoms with Gasteiger partial charge in [0.2, 0.25) is 5.91 Å². The van der Waals surface area contributed by atoms with Gasteiger partial charge in [-0.25, -0.2) is 0 Å². The van der Waals surface area contributed by atoms with Gasteiger partial charge in [0.05, 0.1) is 24.0 Å². The van der Waals surface area contributed by atoms with E-state index in [2.05, 4.69) is 10.0 Å². The minimum Gasteiger partial charge on any atom is -0.460 e. The number of rotatable bonds is 4. The van der Waals surface area contributed by atoms with E-state index in [1.807, 2.05) is 30.3 Å². The Kier molecular flexibility index (Phi) is 3.91. The lowest BCUT2D eigenvalue weighted by Crippen LogP contribution is -2.36. The van der Waals surface area contributed by atoms with Crippen LogP contribution in [0.1, 0.15) is 5.56 Å². The SMILES string of the molecule is [N-]=[N+]=NC(=O)[C@@H]1[C@H](C(=O)OCc2ccccc2)[C@H]2C=C[C@@H]1O2. The van der Waals surface area contributed by atoms with Crippen molar-refractivity contribution in [2.24, 2.45) is 17.0 Å². The molecule has 1 fully saturated rings. The average Bonchev–Trinajstić information content (AvgIpc) is 3.14. The van der Waals surface area contributed by atoms with E-state index in [0.29, 0.717) is 0 Å².